The van der Waals surface area contributed by atoms with Gasteiger partial charge in [0.15, 0.2) is 0 Å². The van der Waals surface area contributed by atoms with E-state index in [2.05, 4.69) is 9.47 Å². The summed E-state index contributed by atoms with van der Waals surface area (Å²) in [5.41, 5.74) is -0.718. The second-order valence-corrected chi connectivity index (χ2v) is 3.59. The minimum atomic E-state index is -5.42. The number of esters is 3. The molecule has 1 rings (SSSR count). The van der Waals surface area contributed by atoms with Crippen molar-refractivity contribution in [3.05, 3.63) is 29.8 Å². The third-order valence-corrected chi connectivity index (χ3v) is 1.93. The molecule has 0 heterocycles. The molecule has 0 amide bonds. The summed E-state index contributed by atoms with van der Waals surface area (Å²) in [5, 5.41) is 0. The molecule has 0 N–H and O–H groups in total. The van der Waals surface area contributed by atoms with Gasteiger partial charge in [-0.3, -0.25) is 0 Å². The quantitative estimate of drug-likeness (QED) is 0.360. The highest BCUT2D eigenvalue weighted by Crippen LogP contribution is 2.22. The Kier molecular flexibility index (Phi) is 4.79. The third kappa shape index (κ3) is 4.75. The number of carbonyl (C=O) groups is 3. The fourth-order valence-corrected chi connectivity index (χ4v) is 1.05. The summed E-state index contributed by atoms with van der Waals surface area (Å²) >= 11 is 0. The number of alkyl halides is 6. The predicted octanol–water partition coefficient (Wildman–Crippen LogP) is 2.40. The largest absolute Gasteiger partial charge is 0.491 e. The van der Waals surface area contributed by atoms with E-state index < -0.39 is 41.6 Å². The monoisotopic (exact) mass is 330 g/mol. The molecular formula is C11H4F6O5. The lowest BCUT2D eigenvalue weighted by Crippen LogP contribution is -2.28. The van der Waals surface area contributed by atoms with Crippen molar-refractivity contribution in [2.24, 2.45) is 0 Å². The van der Waals surface area contributed by atoms with Crippen LogP contribution < -0.4 is 4.74 Å². The van der Waals surface area contributed by atoms with Crippen LogP contribution in [-0.4, -0.2) is 30.3 Å². The first-order valence-corrected chi connectivity index (χ1v) is 5.13. The average Bonchev–Trinajstić information content (AvgIpc) is 2.36. The Morgan fingerprint density at radius 1 is 0.864 bits per heavy atom. The Morgan fingerprint density at radius 2 is 1.41 bits per heavy atom. The molecule has 0 saturated carbocycles. The van der Waals surface area contributed by atoms with Crippen molar-refractivity contribution in [1.29, 1.82) is 0 Å². The summed E-state index contributed by atoms with van der Waals surface area (Å²) in [4.78, 5) is 32.2. The minimum absolute atomic E-state index is 0.510. The summed E-state index contributed by atoms with van der Waals surface area (Å²) in [6, 6.07) is 3.10. The fourth-order valence-electron chi connectivity index (χ4n) is 1.05. The zero-order chi connectivity index (χ0) is 17.1. The molecule has 5 nitrogen and oxygen atoms in total. The van der Waals surface area contributed by atoms with Crippen molar-refractivity contribution in [1.82, 2.24) is 0 Å². The van der Waals surface area contributed by atoms with E-state index in [4.69, 9.17) is 0 Å². The van der Waals surface area contributed by atoms with E-state index in [1.54, 1.807) is 0 Å². The number of hydrogen-bond acceptors (Lipinski definition) is 5. The lowest BCUT2D eigenvalue weighted by Gasteiger charge is -2.08. The molecule has 1 aromatic carbocycles. The van der Waals surface area contributed by atoms with Gasteiger partial charge in [-0.1, -0.05) is 6.07 Å². The lowest BCUT2D eigenvalue weighted by molar-refractivity contribution is -0.193. The normalized spacial score (nSPS) is 11.7. The summed E-state index contributed by atoms with van der Waals surface area (Å²) in [6.07, 6.45) is -10.7. The van der Waals surface area contributed by atoms with Crippen LogP contribution in [0.4, 0.5) is 26.3 Å². The minimum Gasteiger partial charge on any atom is -0.420 e. The second-order valence-electron chi connectivity index (χ2n) is 3.59. The Balaban J connectivity index is 2.86. The SMILES string of the molecule is O=C(OC(=O)C(F)(F)F)c1cccc(OC(=O)C(F)(F)F)c1. The number of ether oxygens (including phenoxy) is 2. The van der Waals surface area contributed by atoms with Crippen LogP contribution in [0.25, 0.3) is 0 Å². The van der Waals surface area contributed by atoms with Crippen molar-refractivity contribution >= 4 is 17.9 Å². The molecule has 0 unspecified atom stereocenters. The van der Waals surface area contributed by atoms with Gasteiger partial charge >= 0.3 is 30.3 Å². The number of hydrogen-bond donors (Lipinski definition) is 0. The molecule has 0 aliphatic rings. The van der Waals surface area contributed by atoms with Crippen molar-refractivity contribution < 1.29 is 50.2 Å². The highest BCUT2D eigenvalue weighted by Gasteiger charge is 2.43. The molecule has 0 atom stereocenters. The van der Waals surface area contributed by atoms with Crippen LogP contribution in [0.3, 0.4) is 0 Å². The average molecular weight is 330 g/mol. The highest BCUT2D eigenvalue weighted by molar-refractivity contribution is 5.98. The first-order chi connectivity index (χ1) is 9.91. The van der Waals surface area contributed by atoms with Gasteiger partial charge in [0.05, 0.1) is 5.56 Å². The lowest BCUT2D eigenvalue weighted by atomic mass is 10.2. The topological polar surface area (TPSA) is 69.7 Å². The summed E-state index contributed by atoms with van der Waals surface area (Å²) in [5.74, 6) is -7.93. The molecule has 0 radical (unpaired) electrons. The zero-order valence-electron chi connectivity index (χ0n) is 10.1. The molecule has 120 valence electrons. The van der Waals surface area contributed by atoms with E-state index in [-0.39, 0.29) is 0 Å². The van der Waals surface area contributed by atoms with Gasteiger partial charge < -0.3 is 9.47 Å². The predicted molar refractivity (Wildman–Crippen MR) is 54.6 cm³/mol. The summed E-state index contributed by atoms with van der Waals surface area (Å²) < 4.78 is 78.9. The molecular weight excluding hydrogens is 326 g/mol. The highest BCUT2D eigenvalue weighted by atomic mass is 19.4. The van der Waals surface area contributed by atoms with Crippen molar-refractivity contribution in [3.63, 3.8) is 0 Å². The van der Waals surface area contributed by atoms with Crippen LogP contribution in [-0.2, 0) is 14.3 Å². The number of benzene rings is 1. The smallest absolute Gasteiger partial charge is 0.420 e. The molecule has 0 bridgehead atoms. The van der Waals surface area contributed by atoms with Gasteiger partial charge in [0.25, 0.3) is 0 Å². The van der Waals surface area contributed by atoms with E-state index in [9.17, 15) is 40.7 Å². The summed E-state index contributed by atoms with van der Waals surface area (Å²) in [7, 11) is 0. The van der Waals surface area contributed by atoms with Crippen LogP contribution in [0.5, 0.6) is 5.75 Å². The second kappa shape index (κ2) is 6.03. The standard InChI is InChI=1S/C11H4F6O5/c12-10(13,14)8(19)21-6-3-1-2-5(4-6)7(18)22-9(20)11(15,16)17/h1-4H. The van der Waals surface area contributed by atoms with Crippen LogP contribution in [0.2, 0.25) is 0 Å². The molecule has 0 aliphatic carbocycles. The maximum atomic E-state index is 12.0. The summed E-state index contributed by atoms with van der Waals surface area (Å²) in [6.45, 7) is 0. The third-order valence-electron chi connectivity index (χ3n) is 1.93. The number of halogens is 6. The van der Waals surface area contributed by atoms with Gasteiger partial charge in [-0.2, -0.15) is 26.3 Å². The van der Waals surface area contributed by atoms with Crippen molar-refractivity contribution in [2.75, 3.05) is 0 Å². The maximum Gasteiger partial charge on any atom is 0.491 e. The molecule has 0 aliphatic heterocycles. The Labute approximate surface area is 117 Å². The van der Waals surface area contributed by atoms with E-state index >= 15 is 0 Å². The fraction of sp³-hybridized carbons (Fsp3) is 0.182. The van der Waals surface area contributed by atoms with Crippen LogP contribution in [0.15, 0.2) is 24.3 Å². The van der Waals surface area contributed by atoms with Gasteiger partial charge in [-0.25, -0.2) is 14.4 Å². The molecule has 0 fully saturated rings. The molecule has 0 spiro atoms. The van der Waals surface area contributed by atoms with E-state index in [0.717, 1.165) is 18.2 Å². The molecule has 0 aromatic heterocycles. The van der Waals surface area contributed by atoms with Crippen LogP contribution in [0, 0.1) is 0 Å². The molecule has 1 aromatic rings. The van der Waals surface area contributed by atoms with Crippen LogP contribution in [0.1, 0.15) is 10.4 Å². The molecule has 22 heavy (non-hydrogen) atoms. The van der Waals surface area contributed by atoms with Gasteiger partial charge in [0.2, 0.25) is 0 Å². The Morgan fingerprint density at radius 3 is 1.91 bits per heavy atom. The van der Waals surface area contributed by atoms with Gasteiger partial charge in [-0.15, -0.1) is 0 Å². The molecule has 0 saturated heterocycles. The van der Waals surface area contributed by atoms with Gasteiger partial charge in [-0.05, 0) is 18.2 Å². The zero-order valence-corrected chi connectivity index (χ0v) is 10.1. The molecule has 11 heteroatoms. The van der Waals surface area contributed by atoms with Crippen molar-refractivity contribution in [3.8, 4) is 5.75 Å². The first kappa shape index (κ1) is 17.5. The first-order valence-electron chi connectivity index (χ1n) is 5.13. The van der Waals surface area contributed by atoms with E-state index in [1.165, 1.54) is 0 Å². The maximum absolute atomic E-state index is 12.0. The van der Waals surface area contributed by atoms with E-state index in [1.807, 2.05) is 0 Å². The Hall–Kier alpha value is -2.59. The van der Waals surface area contributed by atoms with Crippen molar-refractivity contribution in [2.45, 2.75) is 12.4 Å². The van der Waals surface area contributed by atoms with Crippen LogP contribution >= 0.6 is 0 Å². The Bertz CT molecular complexity index is 604. The van der Waals surface area contributed by atoms with Gasteiger partial charge in [0.1, 0.15) is 5.75 Å². The van der Waals surface area contributed by atoms with Gasteiger partial charge in [0, 0.05) is 0 Å². The number of carbonyl (C=O) groups excluding carboxylic acids is 3. The van der Waals surface area contributed by atoms with E-state index in [0.29, 0.717) is 6.07 Å². The number of rotatable bonds is 2.